The fourth-order valence-electron chi connectivity index (χ4n) is 16.8. The molecule has 144 heavy (non-hydrogen) atoms. The number of hydrogen-bond donors (Lipinski definition) is 17. The molecule has 0 aromatic heterocycles. The lowest BCUT2D eigenvalue weighted by Crippen LogP contribution is -2.48. The third kappa shape index (κ3) is 80.0. The van der Waals surface area contributed by atoms with Gasteiger partial charge in [0.25, 0.3) is 0 Å². The minimum atomic E-state index is -1.24. The van der Waals surface area contributed by atoms with Crippen molar-refractivity contribution in [2.75, 3.05) is 158 Å². The smallest absolute Gasteiger partial charge is 0.326 e. The Morgan fingerprint density at radius 1 is 0.229 bits per heavy atom. The second-order valence-electron chi connectivity index (χ2n) is 37.8. The standard InChI is InChI=1S/C102H181IN12O29/c103-115-86(102(135)136)38-34-36-56-109-99(130)83(112-94(123)78-144-72-68-140-64-60-108-93(122)77-143-71-66-138-62-58-106-90(119)54-52-85(101(133)134)114-98(129)82-49-45-80(46-50-82)74-111-88(117)40-30-26-22-18-14-10-6-2-4-8-12-16-20-24-28-32-42-96(126)127)37-33-35-55-104-91(120)75-141-69-67-139-63-59-107-92(121)76-142-70-65-137-61-57-105-89(118)53-51-84(100(131)132)113-97(128)81-47-43-79(44-48-81)73-110-87(116)39-29-25-21-17-13-9-5-1-3-7-11-15-19-23-27-31-41-95(124)125/h79-86,115H,1-78H2,(H,104,120)(H,105,118)(H,106,119)(H,107,121)(H,108,122)(H,109,130)(H,110,116)(H,111,117)(H,112,123)(H,113,128)(H,114,129)(H,124,125)(H,126,127)(H,131,132)(H,133,134)(H,135,136)/t79?,80?,81?,82?,83-,84-,85-,86-/m0/s1. The van der Waals surface area contributed by atoms with E-state index in [0.717, 1.165) is 103 Å². The summed E-state index contributed by atoms with van der Waals surface area (Å²) in [5.74, 6) is -8.69. The van der Waals surface area contributed by atoms with Gasteiger partial charge < -0.3 is 122 Å². The molecule has 2 fully saturated rings. The van der Waals surface area contributed by atoms with E-state index in [-0.39, 0.29) is 249 Å². The number of unbranched alkanes of at least 4 members (excludes halogenated alkanes) is 32. The van der Waals surface area contributed by atoms with E-state index in [1.54, 1.807) is 22.9 Å². The summed E-state index contributed by atoms with van der Waals surface area (Å²) in [7, 11) is 0. The van der Waals surface area contributed by atoms with E-state index in [1.807, 2.05) is 0 Å². The molecule has 0 spiro atoms. The summed E-state index contributed by atoms with van der Waals surface area (Å²) in [4.78, 5) is 196. The number of hydrogen-bond acceptors (Lipinski definition) is 25. The predicted octanol–water partition coefficient (Wildman–Crippen LogP) is 9.79. The van der Waals surface area contributed by atoms with E-state index in [4.69, 9.17) is 48.1 Å². The van der Waals surface area contributed by atoms with Crippen LogP contribution in [0.1, 0.15) is 347 Å². The van der Waals surface area contributed by atoms with Crippen LogP contribution in [-0.4, -0.2) is 303 Å². The number of carbonyl (C=O) groups is 16. The molecule has 2 aliphatic rings. The number of carboxylic acids is 5. The van der Waals surface area contributed by atoms with E-state index < -0.39 is 83.5 Å². The Bertz CT molecular complexity index is 3470. The van der Waals surface area contributed by atoms with E-state index in [2.05, 4.69) is 62.0 Å². The maximum absolute atomic E-state index is 13.3. The van der Waals surface area contributed by atoms with Crippen molar-refractivity contribution in [2.24, 2.45) is 23.7 Å². The maximum Gasteiger partial charge on any atom is 0.326 e. The number of nitrogens with one attached hydrogen (secondary N) is 12. The Balaban J connectivity index is 1.46. The molecular formula is C102H181IN12O29. The van der Waals surface area contributed by atoms with Gasteiger partial charge in [-0.15, -0.1) is 0 Å². The van der Waals surface area contributed by atoms with Crippen molar-refractivity contribution in [3.8, 4) is 0 Å². The second kappa shape index (κ2) is 92.3. The number of ether oxygens (including phenoxy) is 8. The van der Waals surface area contributed by atoms with Gasteiger partial charge in [0.2, 0.25) is 65.0 Å². The summed E-state index contributed by atoms with van der Waals surface area (Å²) in [6.07, 6.45) is 45.7. The molecule has 0 unspecified atom stereocenters. The van der Waals surface area contributed by atoms with Gasteiger partial charge >= 0.3 is 29.8 Å². The molecule has 42 heteroatoms. The summed E-state index contributed by atoms with van der Waals surface area (Å²) in [6, 6.07) is -4.16. The summed E-state index contributed by atoms with van der Waals surface area (Å²) < 4.78 is 46.2. The molecule has 0 heterocycles. The SMILES string of the molecule is O=C(O)CCCCCCCCCCCCCCCCCCC(=O)NCC1CCC(C(=O)N[C@@H](CCC(=O)NCCOCCOCC(=O)NCCOCCOCC(=O)NCCCC[C@H](NC(=O)COCCOCCNC(=O)COCCOCCNC(=O)CC[C@H](NC(=O)C2CCC(CNC(=O)CCCCCCCCCCCCCCCCCCC(=O)O)CC2)C(=O)O)C(=O)NCCCC[C@H](NI)C(=O)O)C(=O)O)CC1. The molecule has 0 radical (unpaired) electrons. The molecule has 0 saturated heterocycles. The molecule has 4 atom stereocenters. The summed E-state index contributed by atoms with van der Waals surface area (Å²) in [5, 5.41) is 76.7. The molecule has 2 saturated carbocycles. The van der Waals surface area contributed by atoms with Crippen LogP contribution in [0.4, 0.5) is 0 Å². The topological polar surface area (TPSA) is 592 Å². The number of carbonyl (C=O) groups excluding carboxylic acids is 11. The molecule has 0 aliphatic heterocycles. The Labute approximate surface area is 867 Å². The highest BCUT2D eigenvalue weighted by molar-refractivity contribution is 14.1. The van der Waals surface area contributed by atoms with E-state index in [0.29, 0.717) is 83.7 Å². The highest BCUT2D eigenvalue weighted by Crippen LogP contribution is 2.31. The van der Waals surface area contributed by atoms with Crippen LogP contribution >= 0.6 is 22.9 Å². The molecule has 0 bridgehead atoms. The first-order valence-corrected chi connectivity index (χ1v) is 55.0. The Morgan fingerprint density at radius 3 is 0.785 bits per heavy atom. The Morgan fingerprint density at radius 2 is 0.486 bits per heavy atom. The molecule has 0 aromatic rings. The molecule has 0 aromatic carbocycles. The molecule has 11 amide bonds. The number of rotatable bonds is 100. The average Bonchev–Trinajstić information content (AvgIpc) is 0.871. The van der Waals surface area contributed by atoms with Crippen molar-refractivity contribution in [1.82, 2.24) is 62.0 Å². The minimum Gasteiger partial charge on any atom is -0.481 e. The van der Waals surface area contributed by atoms with Gasteiger partial charge in [-0.05, 0) is 140 Å². The van der Waals surface area contributed by atoms with Crippen LogP contribution < -0.4 is 62.0 Å². The van der Waals surface area contributed by atoms with Gasteiger partial charge in [-0.2, -0.15) is 0 Å². The van der Waals surface area contributed by atoms with E-state index in [1.165, 1.54) is 128 Å². The Kier molecular flexibility index (Phi) is 84.5. The third-order valence-corrected chi connectivity index (χ3v) is 26.2. The fraction of sp³-hybridized carbons (Fsp3) is 0.843. The number of carboxylic acid groups (broad SMARTS) is 5. The highest BCUT2D eigenvalue weighted by atomic mass is 127. The van der Waals surface area contributed by atoms with Crippen LogP contribution in [0.5, 0.6) is 0 Å². The van der Waals surface area contributed by atoms with E-state index >= 15 is 0 Å². The number of amides is 11. The van der Waals surface area contributed by atoms with Crippen molar-refractivity contribution in [3.05, 3.63) is 0 Å². The lowest BCUT2D eigenvalue weighted by atomic mass is 9.81. The predicted molar refractivity (Wildman–Crippen MR) is 549 cm³/mol. The summed E-state index contributed by atoms with van der Waals surface area (Å²) in [5.41, 5.74) is 0. The van der Waals surface area contributed by atoms with Gasteiger partial charge in [0, 0.05) is 126 Å². The van der Waals surface area contributed by atoms with Crippen LogP contribution in [0.2, 0.25) is 0 Å². The number of halogens is 1. The van der Waals surface area contributed by atoms with Gasteiger partial charge in [0.15, 0.2) is 0 Å². The summed E-state index contributed by atoms with van der Waals surface area (Å²) in [6.45, 7) is 2.43. The van der Waals surface area contributed by atoms with Crippen molar-refractivity contribution in [3.63, 3.8) is 0 Å². The lowest BCUT2D eigenvalue weighted by molar-refractivity contribution is -0.143. The lowest BCUT2D eigenvalue weighted by Gasteiger charge is -2.28. The average molecular weight is 2170 g/mol. The molecule has 41 nitrogen and oxygen atoms in total. The van der Waals surface area contributed by atoms with Crippen molar-refractivity contribution in [1.29, 1.82) is 0 Å². The molecule has 17 N–H and O–H groups in total. The van der Waals surface area contributed by atoms with Gasteiger partial charge in [0.1, 0.15) is 50.6 Å². The normalized spacial score (nSPS) is 15.3. The van der Waals surface area contributed by atoms with E-state index in [9.17, 15) is 92.0 Å². The monoisotopic (exact) mass is 2170 g/mol. The van der Waals surface area contributed by atoms with Gasteiger partial charge in [-0.1, -0.05) is 180 Å². The first-order valence-electron chi connectivity index (χ1n) is 53.9. The molecule has 2 aliphatic carbocycles. The molecular weight excluding hydrogens is 1980 g/mol. The molecule has 2 rings (SSSR count). The highest BCUT2D eigenvalue weighted by Gasteiger charge is 2.33. The fourth-order valence-corrected chi connectivity index (χ4v) is 17.4. The van der Waals surface area contributed by atoms with Crippen LogP contribution in [0.25, 0.3) is 0 Å². The Hall–Kier alpha value is -8.11. The van der Waals surface area contributed by atoms with Gasteiger partial charge in [-0.25, -0.2) is 13.1 Å². The second-order valence-corrected chi connectivity index (χ2v) is 38.5. The quantitative estimate of drug-likeness (QED) is 0.0153. The van der Waals surface area contributed by atoms with Crippen LogP contribution in [-0.2, 0) is 115 Å². The first-order chi connectivity index (χ1) is 69.8. The van der Waals surface area contributed by atoms with Crippen LogP contribution in [0.15, 0.2) is 0 Å². The van der Waals surface area contributed by atoms with Crippen molar-refractivity contribution in [2.45, 2.75) is 371 Å². The largest absolute Gasteiger partial charge is 0.481 e. The maximum atomic E-state index is 13.3. The zero-order valence-electron chi connectivity index (χ0n) is 86.2. The van der Waals surface area contributed by atoms with Gasteiger partial charge in [0.05, 0.1) is 79.3 Å². The van der Waals surface area contributed by atoms with Crippen LogP contribution in [0, 0.1) is 23.7 Å². The van der Waals surface area contributed by atoms with Crippen molar-refractivity contribution >= 4 is 118 Å². The molecule has 830 valence electrons. The number of aliphatic carboxylic acids is 5. The van der Waals surface area contributed by atoms with Gasteiger partial charge in [-0.3, -0.25) is 67.1 Å². The zero-order valence-corrected chi connectivity index (χ0v) is 88.3. The van der Waals surface area contributed by atoms with Crippen molar-refractivity contribution < 1.29 is 140 Å². The first kappa shape index (κ1) is 132. The minimum absolute atomic E-state index is 0.0196. The third-order valence-electron chi connectivity index (χ3n) is 25.5. The van der Waals surface area contributed by atoms with Crippen LogP contribution in [0.3, 0.4) is 0 Å². The zero-order chi connectivity index (χ0) is 105. The summed E-state index contributed by atoms with van der Waals surface area (Å²) >= 11 is 1.78.